The number of rotatable bonds is 4. The molecule has 5 N–H and O–H groups in total. The van der Waals surface area contributed by atoms with Crippen LogP contribution in [0.2, 0.25) is 0 Å². The van der Waals surface area contributed by atoms with Gasteiger partial charge in [-0.3, -0.25) is 15.0 Å². The van der Waals surface area contributed by atoms with Crippen molar-refractivity contribution < 1.29 is 14.7 Å². The van der Waals surface area contributed by atoms with Crippen LogP contribution in [0.1, 0.15) is 15.9 Å². The van der Waals surface area contributed by atoms with Gasteiger partial charge in [-0.15, -0.1) is 0 Å². The van der Waals surface area contributed by atoms with Gasteiger partial charge in [0.25, 0.3) is 11.8 Å². The lowest BCUT2D eigenvalue weighted by atomic mass is 10.1. The highest BCUT2D eigenvalue weighted by molar-refractivity contribution is 6.05. The van der Waals surface area contributed by atoms with Crippen LogP contribution in [-0.4, -0.2) is 16.9 Å². The first kappa shape index (κ1) is 15.3. The molecule has 2 amide bonds. The van der Waals surface area contributed by atoms with Crippen LogP contribution in [-0.2, 0) is 4.79 Å². The van der Waals surface area contributed by atoms with Gasteiger partial charge in [-0.05, 0) is 24.3 Å². The third kappa shape index (κ3) is 3.71. The molecule has 2 aromatic carbocycles. The summed E-state index contributed by atoms with van der Waals surface area (Å²) >= 11 is 0. The quantitative estimate of drug-likeness (QED) is 0.294. The number of hydrazine groups is 1. The smallest absolute Gasteiger partial charge is 0.281 e. The average molecular weight is 297 g/mol. The van der Waals surface area contributed by atoms with Crippen LogP contribution >= 0.6 is 0 Å². The van der Waals surface area contributed by atoms with Crippen LogP contribution in [0.5, 0.6) is 5.75 Å². The second-order valence-electron chi connectivity index (χ2n) is 4.41. The highest BCUT2D eigenvalue weighted by Crippen LogP contribution is 2.18. The largest absolute Gasteiger partial charge is 0.507 e. The van der Waals surface area contributed by atoms with Gasteiger partial charge in [-0.2, -0.15) is 0 Å². The van der Waals surface area contributed by atoms with Crippen LogP contribution in [0.15, 0.2) is 60.3 Å². The number of hydrogen-bond donors (Lipinski definition) is 4. The van der Waals surface area contributed by atoms with Gasteiger partial charge < -0.3 is 10.4 Å². The zero-order valence-corrected chi connectivity index (χ0v) is 11.6. The Labute approximate surface area is 127 Å². The number of phenolic OH excluding ortho intramolecular Hbond substituents is 1. The van der Waals surface area contributed by atoms with Crippen molar-refractivity contribution in [1.82, 2.24) is 10.7 Å². The van der Waals surface area contributed by atoms with E-state index in [0.717, 1.165) is 0 Å². The third-order valence-corrected chi connectivity index (χ3v) is 2.90. The predicted octanol–water partition coefficient (Wildman–Crippen LogP) is 1.15. The molecule has 0 bridgehead atoms. The van der Waals surface area contributed by atoms with E-state index in [1.165, 1.54) is 12.1 Å². The van der Waals surface area contributed by atoms with Gasteiger partial charge in [0.2, 0.25) is 0 Å². The summed E-state index contributed by atoms with van der Waals surface area (Å²) in [5.41, 5.74) is 2.67. The van der Waals surface area contributed by atoms with Crippen molar-refractivity contribution in [2.45, 2.75) is 0 Å². The van der Waals surface area contributed by atoms with E-state index in [0.29, 0.717) is 11.1 Å². The second kappa shape index (κ2) is 7.05. The molecule has 0 fully saturated rings. The Balaban J connectivity index is 2.30. The molecular formula is C16H15N3O3. The van der Waals surface area contributed by atoms with Crippen molar-refractivity contribution in [3.05, 3.63) is 71.4 Å². The Morgan fingerprint density at radius 1 is 1.00 bits per heavy atom. The summed E-state index contributed by atoms with van der Waals surface area (Å²) in [5.74, 6) is 3.98. The zero-order valence-electron chi connectivity index (χ0n) is 11.6. The molecule has 0 spiro atoms. The molecular weight excluding hydrogens is 282 g/mol. The molecule has 22 heavy (non-hydrogen) atoms. The number of hydrogen-bond acceptors (Lipinski definition) is 4. The predicted molar refractivity (Wildman–Crippen MR) is 82.3 cm³/mol. The van der Waals surface area contributed by atoms with Gasteiger partial charge >= 0.3 is 0 Å². The summed E-state index contributed by atoms with van der Waals surface area (Å²) in [5, 5.41) is 12.2. The van der Waals surface area contributed by atoms with Gasteiger partial charge in [0, 0.05) is 11.1 Å². The second-order valence-corrected chi connectivity index (χ2v) is 4.41. The summed E-state index contributed by atoms with van der Waals surface area (Å²) in [6.45, 7) is 0. The molecule has 112 valence electrons. The Morgan fingerprint density at radius 3 is 2.27 bits per heavy atom. The van der Waals surface area contributed by atoms with Crippen LogP contribution < -0.4 is 16.6 Å². The topological polar surface area (TPSA) is 104 Å². The van der Waals surface area contributed by atoms with E-state index in [4.69, 9.17) is 5.84 Å². The number of nitrogens with two attached hydrogens (primary N) is 1. The number of para-hydroxylation sites is 1. The highest BCUT2D eigenvalue weighted by Gasteiger charge is 2.14. The highest BCUT2D eigenvalue weighted by atomic mass is 16.3. The molecule has 2 rings (SSSR count). The minimum absolute atomic E-state index is 0.0150. The molecule has 0 radical (unpaired) electrons. The molecule has 0 saturated carbocycles. The van der Waals surface area contributed by atoms with Crippen molar-refractivity contribution in [2.24, 2.45) is 5.84 Å². The Kier molecular flexibility index (Phi) is 4.89. The van der Waals surface area contributed by atoms with E-state index in [1.54, 1.807) is 48.5 Å². The monoisotopic (exact) mass is 297 g/mol. The normalized spacial score (nSPS) is 10.9. The molecule has 0 atom stereocenters. The van der Waals surface area contributed by atoms with Crippen molar-refractivity contribution in [2.75, 3.05) is 0 Å². The van der Waals surface area contributed by atoms with E-state index in [9.17, 15) is 14.7 Å². The average Bonchev–Trinajstić information content (AvgIpc) is 2.56. The number of carbonyl (C=O) groups excluding carboxylic acids is 2. The fourth-order valence-electron chi connectivity index (χ4n) is 1.79. The lowest BCUT2D eigenvalue weighted by molar-refractivity contribution is -0.117. The molecule has 2 aromatic rings. The fourth-order valence-corrected chi connectivity index (χ4v) is 1.79. The van der Waals surface area contributed by atoms with E-state index in [-0.39, 0.29) is 11.4 Å². The van der Waals surface area contributed by atoms with Crippen LogP contribution in [0.25, 0.3) is 6.08 Å². The van der Waals surface area contributed by atoms with E-state index < -0.39 is 11.8 Å². The number of carbonyl (C=O) groups is 2. The van der Waals surface area contributed by atoms with Crippen molar-refractivity contribution in [1.29, 1.82) is 0 Å². The molecule has 0 saturated heterocycles. The first-order chi connectivity index (χ1) is 10.6. The molecule has 6 heteroatoms. The van der Waals surface area contributed by atoms with Crippen molar-refractivity contribution >= 4 is 17.9 Å². The maximum absolute atomic E-state index is 12.1. The molecule has 0 aromatic heterocycles. The van der Waals surface area contributed by atoms with Crippen LogP contribution in [0.4, 0.5) is 0 Å². The molecule has 0 aliphatic heterocycles. The lowest BCUT2D eigenvalue weighted by Gasteiger charge is -2.09. The Bertz CT molecular complexity index is 712. The Morgan fingerprint density at radius 2 is 1.64 bits per heavy atom. The van der Waals surface area contributed by atoms with Crippen LogP contribution in [0, 0.1) is 0 Å². The number of phenols is 1. The molecule has 0 aliphatic carbocycles. The minimum Gasteiger partial charge on any atom is -0.507 e. The van der Waals surface area contributed by atoms with E-state index in [1.807, 2.05) is 5.43 Å². The van der Waals surface area contributed by atoms with Crippen molar-refractivity contribution in [3.8, 4) is 5.75 Å². The maximum atomic E-state index is 12.1. The summed E-state index contributed by atoms with van der Waals surface area (Å²) in [6, 6.07) is 14.9. The minimum atomic E-state index is -0.674. The van der Waals surface area contributed by atoms with Gasteiger partial charge in [-0.1, -0.05) is 36.4 Å². The number of nitrogens with one attached hydrogen (secondary N) is 2. The van der Waals surface area contributed by atoms with Gasteiger partial charge in [-0.25, -0.2) is 5.84 Å². The molecule has 0 heterocycles. The molecule has 6 nitrogen and oxygen atoms in total. The Hall–Kier alpha value is -3.12. The SMILES string of the molecule is NNC(=O)C(=Cc1ccccc1O)NC(=O)c1ccccc1. The summed E-state index contributed by atoms with van der Waals surface area (Å²) < 4.78 is 0. The lowest BCUT2D eigenvalue weighted by Crippen LogP contribution is -2.38. The number of amides is 2. The van der Waals surface area contributed by atoms with Crippen LogP contribution in [0.3, 0.4) is 0 Å². The zero-order chi connectivity index (χ0) is 15.9. The van der Waals surface area contributed by atoms with Crippen molar-refractivity contribution in [3.63, 3.8) is 0 Å². The molecule has 0 unspecified atom stereocenters. The summed E-state index contributed by atoms with van der Waals surface area (Å²) in [7, 11) is 0. The van der Waals surface area contributed by atoms with E-state index >= 15 is 0 Å². The standard InChI is InChI=1S/C16H15N3O3/c17-19-16(22)13(10-12-8-4-5-9-14(12)20)18-15(21)11-6-2-1-3-7-11/h1-10,20H,17H2,(H,18,21)(H,19,22). The number of benzene rings is 2. The third-order valence-electron chi connectivity index (χ3n) is 2.90. The van der Waals surface area contributed by atoms with Gasteiger partial charge in [0.05, 0.1) is 0 Å². The first-order valence-corrected chi connectivity index (χ1v) is 6.49. The van der Waals surface area contributed by atoms with Gasteiger partial charge in [0.15, 0.2) is 0 Å². The summed E-state index contributed by atoms with van der Waals surface area (Å²) in [6.07, 6.45) is 1.35. The van der Waals surface area contributed by atoms with E-state index in [2.05, 4.69) is 5.32 Å². The first-order valence-electron chi connectivity index (χ1n) is 6.49. The fraction of sp³-hybridized carbons (Fsp3) is 0. The van der Waals surface area contributed by atoms with Gasteiger partial charge in [0.1, 0.15) is 11.4 Å². The number of aromatic hydroxyl groups is 1. The molecule has 0 aliphatic rings. The summed E-state index contributed by atoms with van der Waals surface area (Å²) in [4.78, 5) is 23.9. The maximum Gasteiger partial charge on any atom is 0.281 e.